The molecule has 2 amide bonds. The van der Waals surface area contributed by atoms with E-state index in [0.29, 0.717) is 23.3 Å². The van der Waals surface area contributed by atoms with Crippen molar-refractivity contribution >= 4 is 28.8 Å². The van der Waals surface area contributed by atoms with E-state index in [1.54, 1.807) is 6.20 Å². The lowest BCUT2D eigenvalue weighted by Gasteiger charge is -2.34. The van der Waals surface area contributed by atoms with Crippen molar-refractivity contribution in [3.63, 3.8) is 0 Å². The molecule has 2 aliphatic heterocycles. The van der Waals surface area contributed by atoms with Crippen molar-refractivity contribution < 1.29 is 9.59 Å². The van der Waals surface area contributed by atoms with Crippen LogP contribution in [-0.4, -0.2) is 41.3 Å². The second kappa shape index (κ2) is 8.87. The zero-order valence-corrected chi connectivity index (χ0v) is 19.1. The van der Waals surface area contributed by atoms with Crippen LogP contribution in [-0.2, 0) is 4.79 Å². The van der Waals surface area contributed by atoms with Crippen molar-refractivity contribution in [3.05, 3.63) is 70.7 Å². The Morgan fingerprint density at radius 1 is 1.06 bits per heavy atom. The molecule has 1 aromatic heterocycles. The lowest BCUT2D eigenvalue weighted by Crippen LogP contribution is -2.40. The van der Waals surface area contributed by atoms with Crippen molar-refractivity contribution in [1.29, 1.82) is 0 Å². The summed E-state index contributed by atoms with van der Waals surface area (Å²) in [6.45, 7) is 4.37. The molecule has 3 aromatic rings. The fourth-order valence-corrected chi connectivity index (χ4v) is 5.65. The van der Waals surface area contributed by atoms with Gasteiger partial charge in [0.2, 0.25) is 5.91 Å². The van der Waals surface area contributed by atoms with Crippen LogP contribution in [0.3, 0.4) is 0 Å². The maximum Gasteiger partial charge on any atom is 0.282 e. The fraction of sp³-hybridized carbons (Fsp3) is 0.346. The van der Waals surface area contributed by atoms with Gasteiger partial charge in [-0.2, -0.15) is 0 Å². The minimum atomic E-state index is 0.0377. The van der Waals surface area contributed by atoms with Gasteiger partial charge < -0.3 is 9.80 Å². The Bertz CT molecular complexity index is 1110. The van der Waals surface area contributed by atoms with E-state index < -0.39 is 0 Å². The molecule has 0 radical (unpaired) electrons. The third-order valence-electron chi connectivity index (χ3n) is 6.88. The maximum atomic E-state index is 12.9. The molecule has 2 aliphatic rings. The lowest BCUT2D eigenvalue weighted by atomic mass is 9.83. The van der Waals surface area contributed by atoms with E-state index in [2.05, 4.69) is 42.2 Å². The van der Waals surface area contributed by atoms with Gasteiger partial charge in [0.05, 0.1) is 0 Å². The molecule has 5 nitrogen and oxygen atoms in total. The van der Waals surface area contributed by atoms with Crippen LogP contribution in [0.1, 0.15) is 34.6 Å². The average Bonchev–Trinajstić information content (AvgIpc) is 3.50. The minimum Gasteiger partial charge on any atom is -0.337 e. The highest BCUT2D eigenvalue weighted by Crippen LogP contribution is 2.36. The number of benzene rings is 2. The SMILES string of the molecule is Cc1ccc(N2CC(C3CCN(C(=O)c4nccs4)CC3)CC2=O)cc1-c1ccccc1. The van der Waals surface area contributed by atoms with Crippen LogP contribution in [0.2, 0.25) is 0 Å². The Labute approximate surface area is 192 Å². The van der Waals surface area contributed by atoms with E-state index in [1.807, 2.05) is 33.4 Å². The van der Waals surface area contributed by atoms with Gasteiger partial charge in [-0.3, -0.25) is 9.59 Å². The molecule has 2 saturated heterocycles. The molecule has 3 heterocycles. The van der Waals surface area contributed by atoms with Crippen LogP contribution >= 0.6 is 11.3 Å². The van der Waals surface area contributed by atoms with Crippen LogP contribution in [0.15, 0.2) is 60.1 Å². The van der Waals surface area contributed by atoms with Gasteiger partial charge in [0.25, 0.3) is 5.91 Å². The van der Waals surface area contributed by atoms with Gasteiger partial charge in [0.15, 0.2) is 5.01 Å². The predicted molar refractivity (Wildman–Crippen MR) is 128 cm³/mol. The first-order valence-corrected chi connectivity index (χ1v) is 12.1. The summed E-state index contributed by atoms with van der Waals surface area (Å²) < 4.78 is 0. The standard InChI is InChI=1S/C26H27N3O2S/c1-18-7-8-22(16-23(18)20-5-3-2-4-6-20)29-17-21(15-24(29)30)19-9-12-28(13-10-19)26(31)25-27-11-14-32-25/h2-8,11,14,16,19,21H,9-10,12-13,15,17H2,1H3. The van der Waals surface area contributed by atoms with Crippen LogP contribution in [0.4, 0.5) is 5.69 Å². The molecule has 32 heavy (non-hydrogen) atoms. The van der Waals surface area contributed by atoms with Gasteiger partial charge in [-0.25, -0.2) is 4.98 Å². The minimum absolute atomic E-state index is 0.0377. The molecule has 0 bridgehead atoms. The third-order valence-corrected chi connectivity index (χ3v) is 7.64. The summed E-state index contributed by atoms with van der Waals surface area (Å²) in [5.41, 5.74) is 4.54. The molecule has 164 valence electrons. The molecular formula is C26H27N3O2S. The van der Waals surface area contributed by atoms with Crippen LogP contribution < -0.4 is 4.90 Å². The highest BCUT2D eigenvalue weighted by Gasteiger charge is 2.37. The monoisotopic (exact) mass is 445 g/mol. The summed E-state index contributed by atoms with van der Waals surface area (Å²) in [6.07, 6.45) is 4.18. The van der Waals surface area contributed by atoms with E-state index in [1.165, 1.54) is 28.0 Å². The second-order valence-corrected chi connectivity index (χ2v) is 9.70. The second-order valence-electron chi connectivity index (χ2n) is 8.80. The number of nitrogens with zero attached hydrogens (tertiary/aromatic N) is 3. The first-order valence-electron chi connectivity index (χ1n) is 11.3. The lowest BCUT2D eigenvalue weighted by molar-refractivity contribution is -0.117. The van der Waals surface area contributed by atoms with Gasteiger partial charge in [-0.1, -0.05) is 36.4 Å². The predicted octanol–water partition coefficient (Wildman–Crippen LogP) is 5.02. The first-order chi connectivity index (χ1) is 15.6. The Kier molecular flexibility index (Phi) is 5.79. The zero-order valence-electron chi connectivity index (χ0n) is 18.2. The summed E-state index contributed by atoms with van der Waals surface area (Å²) in [5.74, 6) is 1.07. The number of aromatic nitrogens is 1. The van der Waals surface area contributed by atoms with Crippen molar-refractivity contribution in [2.24, 2.45) is 11.8 Å². The molecule has 0 saturated carbocycles. The quantitative estimate of drug-likeness (QED) is 0.566. The number of thiazole rings is 1. The molecule has 0 aliphatic carbocycles. The topological polar surface area (TPSA) is 53.5 Å². The first kappa shape index (κ1) is 20.9. The number of carbonyl (C=O) groups is 2. The summed E-state index contributed by atoms with van der Waals surface area (Å²) >= 11 is 1.40. The fourth-order valence-electron chi connectivity index (χ4n) is 5.05. The molecular weight excluding hydrogens is 418 g/mol. The van der Waals surface area contributed by atoms with Gasteiger partial charge in [0, 0.05) is 43.3 Å². The van der Waals surface area contributed by atoms with Crippen LogP contribution in [0, 0.1) is 18.8 Å². The highest BCUT2D eigenvalue weighted by molar-refractivity contribution is 7.11. The molecule has 6 heteroatoms. The number of rotatable bonds is 4. The molecule has 2 aromatic carbocycles. The molecule has 0 N–H and O–H groups in total. The zero-order chi connectivity index (χ0) is 22.1. The number of hydrogen-bond acceptors (Lipinski definition) is 4. The smallest absolute Gasteiger partial charge is 0.282 e. The Morgan fingerprint density at radius 3 is 2.56 bits per heavy atom. The summed E-state index contributed by atoms with van der Waals surface area (Å²) in [5, 5.41) is 2.41. The van der Waals surface area contributed by atoms with Gasteiger partial charge in [-0.15, -0.1) is 11.3 Å². The van der Waals surface area contributed by atoms with E-state index in [4.69, 9.17) is 0 Å². The number of aryl methyl sites for hydroxylation is 1. The average molecular weight is 446 g/mol. The van der Waals surface area contributed by atoms with Crippen molar-refractivity contribution in [1.82, 2.24) is 9.88 Å². The van der Waals surface area contributed by atoms with Gasteiger partial charge in [0.1, 0.15) is 0 Å². The van der Waals surface area contributed by atoms with Gasteiger partial charge >= 0.3 is 0 Å². The molecule has 5 rings (SSSR count). The maximum absolute atomic E-state index is 12.9. The number of likely N-dealkylation sites (tertiary alicyclic amines) is 1. The number of carbonyl (C=O) groups excluding carboxylic acids is 2. The number of amides is 2. The normalized spacial score (nSPS) is 19.5. The number of anilines is 1. The summed E-state index contributed by atoms with van der Waals surface area (Å²) in [6, 6.07) is 16.7. The highest BCUT2D eigenvalue weighted by atomic mass is 32.1. The summed E-state index contributed by atoms with van der Waals surface area (Å²) in [4.78, 5) is 33.5. The van der Waals surface area contributed by atoms with Crippen LogP contribution in [0.25, 0.3) is 11.1 Å². The van der Waals surface area contributed by atoms with E-state index >= 15 is 0 Å². The molecule has 1 atom stereocenters. The Hall–Kier alpha value is -2.99. The largest absolute Gasteiger partial charge is 0.337 e. The van der Waals surface area contributed by atoms with Crippen molar-refractivity contribution in [2.45, 2.75) is 26.2 Å². The number of piperidine rings is 1. The van der Waals surface area contributed by atoms with E-state index in [-0.39, 0.29) is 11.8 Å². The molecule has 2 fully saturated rings. The molecule has 0 spiro atoms. The van der Waals surface area contributed by atoms with Crippen molar-refractivity contribution in [2.75, 3.05) is 24.5 Å². The number of hydrogen-bond donors (Lipinski definition) is 0. The molecule has 1 unspecified atom stereocenters. The summed E-state index contributed by atoms with van der Waals surface area (Å²) in [7, 11) is 0. The van der Waals surface area contributed by atoms with E-state index in [0.717, 1.165) is 38.2 Å². The Balaban J connectivity index is 1.26. The van der Waals surface area contributed by atoms with Gasteiger partial charge in [-0.05, 0) is 60.4 Å². The van der Waals surface area contributed by atoms with Crippen LogP contribution in [0.5, 0.6) is 0 Å². The Morgan fingerprint density at radius 2 is 1.84 bits per heavy atom. The third kappa shape index (κ3) is 4.07. The van der Waals surface area contributed by atoms with E-state index in [9.17, 15) is 9.59 Å². The van der Waals surface area contributed by atoms with Crippen molar-refractivity contribution in [3.8, 4) is 11.1 Å².